The Bertz CT molecular complexity index is 608. The summed E-state index contributed by atoms with van der Waals surface area (Å²) in [6.07, 6.45) is 6.09. The number of aromatic nitrogens is 2. The van der Waals surface area contributed by atoms with Crippen LogP contribution in [0.1, 0.15) is 29.8 Å². The maximum absolute atomic E-state index is 12.2. The Morgan fingerprint density at radius 1 is 1.43 bits per heavy atom. The van der Waals surface area contributed by atoms with Crippen LogP contribution in [0.3, 0.4) is 0 Å². The van der Waals surface area contributed by atoms with Crippen LogP contribution < -0.4 is 5.32 Å². The van der Waals surface area contributed by atoms with E-state index in [0.717, 1.165) is 18.4 Å². The highest BCUT2D eigenvalue weighted by Gasteiger charge is 2.32. The minimum atomic E-state index is -0.260. The van der Waals surface area contributed by atoms with Crippen LogP contribution in [0.25, 0.3) is 11.3 Å². The van der Waals surface area contributed by atoms with Gasteiger partial charge in [0.1, 0.15) is 0 Å². The van der Waals surface area contributed by atoms with Gasteiger partial charge in [-0.2, -0.15) is 0 Å². The lowest BCUT2D eigenvalue weighted by molar-refractivity contribution is 0.0915. The summed E-state index contributed by atoms with van der Waals surface area (Å²) in [5.74, 6) is 0.754. The van der Waals surface area contributed by atoms with Gasteiger partial charge < -0.3 is 14.9 Å². The zero-order valence-electron chi connectivity index (χ0n) is 11.5. The van der Waals surface area contributed by atoms with Gasteiger partial charge in [0, 0.05) is 36.7 Å². The van der Waals surface area contributed by atoms with E-state index in [9.17, 15) is 4.79 Å². The molecule has 0 bridgehead atoms. The standard InChI is InChI=1S/C15H17N3O3/c19-8-5-12(10-1-2-10)17-15(20)13-9-14(21-18-13)11-3-6-16-7-4-11/h3-4,6-7,9-10,12,19H,1-2,5,8H2,(H,17,20). The van der Waals surface area contributed by atoms with Gasteiger partial charge in [0.25, 0.3) is 5.91 Å². The molecule has 0 radical (unpaired) electrons. The summed E-state index contributed by atoms with van der Waals surface area (Å²) in [7, 11) is 0. The second-order valence-corrected chi connectivity index (χ2v) is 5.24. The lowest BCUT2D eigenvalue weighted by Crippen LogP contribution is -2.37. The largest absolute Gasteiger partial charge is 0.396 e. The Balaban J connectivity index is 1.69. The molecule has 21 heavy (non-hydrogen) atoms. The highest BCUT2D eigenvalue weighted by atomic mass is 16.5. The highest BCUT2D eigenvalue weighted by molar-refractivity contribution is 5.93. The zero-order chi connectivity index (χ0) is 14.7. The average Bonchev–Trinajstić information content (AvgIpc) is 3.24. The Labute approximate surface area is 122 Å². The monoisotopic (exact) mass is 287 g/mol. The van der Waals surface area contributed by atoms with E-state index in [0.29, 0.717) is 18.1 Å². The molecule has 6 nitrogen and oxygen atoms in total. The lowest BCUT2D eigenvalue weighted by atomic mass is 10.1. The van der Waals surface area contributed by atoms with Gasteiger partial charge in [0.15, 0.2) is 11.5 Å². The molecule has 1 saturated carbocycles. The maximum Gasteiger partial charge on any atom is 0.273 e. The van der Waals surface area contributed by atoms with Crippen LogP contribution in [0, 0.1) is 5.92 Å². The van der Waals surface area contributed by atoms with Gasteiger partial charge in [-0.05, 0) is 37.3 Å². The molecule has 110 valence electrons. The first-order valence-electron chi connectivity index (χ1n) is 7.07. The number of amides is 1. The van der Waals surface area contributed by atoms with Gasteiger partial charge in [-0.15, -0.1) is 0 Å². The van der Waals surface area contributed by atoms with Crippen molar-refractivity contribution in [1.29, 1.82) is 0 Å². The molecule has 0 saturated heterocycles. The number of carbonyl (C=O) groups excluding carboxylic acids is 1. The third kappa shape index (κ3) is 3.28. The van der Waals surface area contributed by atoms with Crippen molar-refractivity contribution in [2.24, 2.45) is 5.92 Å². The molecule has 2 N–H and O–H groups in total. The van der Waals surface area contributed by atoms with E-state index < -0.39 is 0 Å². The Hall–Kier alpha value is -2.21. The molecular formula is C15H17N3O3. The number of nitrogens with zero attached hydrogens (tertiary/aromatic N) is 2. The van der Waals surface area contributed by atoms with Gasteiger partial charge in [-0.3, -0.25) is 9.78 Å². The molecule has 1 aliphatic rings. The smallest absolute Gasteiger partial charge is 0.273 e. The van der Waals surface area contributed by atoms with Gasteiger partial charge >= 0.3 is 0 Å². The predicted octanol–water partition coefficient (Wildman–Crippen LogP) is 1.63. The molecule has 1 fully saturated rings. The van der Waals surface area contributed by atoms with E-state index in [4.69, 9.17) is 9.63 Å². The average molecular weight is 287 g/mol. The van der Waals surface area contributed by atoms with Crippen molar-refractivity contribution >= 4 is 5.91 Å². The number of aliphatic hydroxyl groups excluding tert-OH is 1. The van der Waals surface area contributed by atoms with Crippen LogP contribution in [0.15, 0.2) is 35.1 Å². The third-order valence-corrected chi connectivity index (χ3v) is 3.66. The minimum Gasteiger partial charge on any atom is -0.396 e. The Kier molecular flexibility index (Phi) is 3.96. The Morgan fingerprint density at radius 2 is 2.19 bits per heavy atom. The Morgan fingerprint density at radius 3 is 2.86 bits per heavy atom. The summed E-state index contributed by atoms with van der Waals surface area (Å²) in [6, 6.07) is 5.22. The summed E-state index contributed by atoms with van der Waals surface area (Å²) in [5, 5.41) is 15.8. The van der Waals surface area contributed by atoms with Crippen molar-refractivity contribution in [1.82, 2.24) is 15.5 Å². The van der Waals surface area contributed by atoms with Gasteiger partial charge in [0.2, 0.25) is 0 Å². The molecule has 6 heteroatoms. The third-order valence-electron chi connectivity index (χ3n) is 3.66. The molecule has 1 unspecified atom stereocenters. The SMILES string of the molecule is O=C(NC(CCO)C1CC1)c1cc(-c2ccncc2)on1. The second kappa shape index (κ2) is 6.05. The molecule has 2 aromatic heterocycles. The molecule has 0 aliphatic heterocycles. The molecule has 3 rings (SSSR count). The molecular weight excluding hydrogens is 270 g/mol. The molecule has 0 aromatic carbocycles. The van der Waals surface area contributed by atoms with Crippen LogP contribution >= 0.6 is 0 Å². The van der Waals surface area contributed by atoms with Crippen molar-refractivity contribution in [3.63, 3.8) is 0 Å². The number of hydrogen-bond donors (Lipinski definition) is 2. The van der Waals surface area contributed by atoms with E-state index in [1.807, 2.05) is 0 Å². The fourth-order valence-corrected chi connectivity index (χ4v) is 2.34. The zero-order valence-corrected chi connectivity index (χ0v) is 11.5. The van der Waals surface area contributed by atoms with E-state index in [-0.39, 0.29) is 24.2 Å². The normalized spacial score (nSPS) is 15.7. The summed E-state index contributed by atoms with van der Waals surface area (Å²) in [4.78, 5) is 16.1. The van der Waals surface area contributed by atoms with Crippen LogP contribution in [0.5, 0.6) is 0 Å². The fourth-order valence-electron chi connectivity index (χ4n) is 2.34. The molecule has 1 amide bonds. The number of rotatable bonds is 6. The van der Waals surface area contributed by atoms with E-state index >= 15 is 0 Å². The molecule has 0 spiro atoms. The topological polar surface area (TPSA) is 88.2 Å². The fraction of sp³-hybridized carbons (Fsp3) is 0.400. The van der Waals surface area contributed by atoms with Crippen molar-refractivity contribution in [2.75, 3.05) is 6.61 Å². The molecule has 2 heterocycles. The van der Waals surface area contributed by atoms with Gasteiger partial charge in [-0.25, -0.2) is 0 Å². The second-order valence-electron chi connectivity index (χ2n) is 5.24. The quantitative estimate of drug-likeness (QED) is 0.843. The van der Waals surface area contributed by atoms with Crippen LogP contribution in [-0.2, 0) is 0 Å². The maximum atomic E-state index is 12.2. The number of carbonyl (C=O) groups is 1. The van der Waals surface area contributed by atoms with Crippen molar-refractivity contribution in [3.05, 3.63) is 36.3 Å². The highest BCUT2D eigenvalue weighted by Crippen LogP contribution is 2.34. The summed E-state index contributed by atoms with van der Waals surface area (Å²) in [5.41, 5.74) is 1.08. The lowest BCUT2D eigenvalue weighted by Gasteiger charge is -2.15. The van der Waals surface area contributed by atoms with Crippen molar-refractivity contribution < 1.29 is 14.4 Å². The number of aliphatic hydroxyl groups is 1. The minimum absolute atomic E-state index is 0.0172. The number of nitrogens with one attached hydrogen (secondary N) is 1. The summed E-state index contributed by atoms with van der Waals surface area (Å²) in [6.45, 7) is 0.0720. The van der Waals surface area contributed by atoms with E-state index in [1.165, 1.54) is 0 Å². The van der Waals surface area contributed by atoms with Crippen LogP contribution in [0.4, 0.5) is 0 Å². The van der Waals surface area contributed by atoms with Crippen molar-refractivity contribution in [2.45, 2.75) is 25.3 Å². The van der Waals surface area contributed by atoms with Gasteiger partial charge in [0.05, 0.1) is 0 Å². The van der Waals surface area contributed by atoms with E-state index in [2.05, 4.69) is 15.5 Å². The molecule has 1 aliphatic carbocycles. The first-order chi connectivity index (χ1) is 10.3. The summed E-state index contributed by atoms with van der Waals surface area (Å²) < 4.78 is 5.20. The molecule has 1 atom stereocenters. The van der Waals surface area contributed by atoms with Gasteiger partial charge in [-0.1, -0.05) is 5.16 Å². The van der Waals surface area contributed by atoms with Crippen LogP contribution in [0.2, 0.25) is 0 Å². The molecule has 2 aromatic rings. The first-order valence-corrected chi connectivity index (χ1v) is 7.07. The van der Waals surface area contributed by atoms with Crippen LogP contribution in [-0.4, -0.2) is 33.8 Å². The number of pyridine rings is 1. The first kappa shape index (κ1) is 13.8. The predicted molar refractivity (Wildman–Crippen MR) is 75.4 cm³/mol. The van der Waals surface area contributed by atoms with Crippen molar-refractivity contribution in [3.8, 4) is 11.3 Å². The number of hydrogen-bond acceptors (Lipinski definition) is 5. The summed E-state index contributed by atoms with van der Waals surface area (Å²) >= 11 is 0. The van der Waals surface area contributed by atoms with E-state index in [1.54, 1.807) is 30.6 Å².